The zero-order chi connectivity index (χ0) is 14.4. The van der Waals surface area contributed by atoms with Crippen molar-refractivity contribution >= 4 is 21.8 Å². The Morgan fingerprint density at radius 1 is 1.35 bits per heavy atom. The van der Waals surface area contributed by atoms with Gasteiger partial charge in [0.1, 0.15) is 0 Å². The van der Waals surface area contributed by atoms with Gasteiger partial charge in [-0.15, -0.1) is 0 Å². The Labute approximate surface area is 129 Å². The lowest BCUT2D eigenvalue weighted by Crippen LogP contribution is -2.42. The standard InChI is InChI=1S/C16H22BrNO2/c1-13(14-5-3-2-4-6-14)16(19)18-10-7-15(8-11-18)20-12-9-17/h2-6,13,15H,7-12H2,1H3. The second-order valence-electron chi connectivity index (χ2n) is 5.22. The van der Waals surface area contributed by atoms with E-state index in [-0.39, 0.29) is 11.8 Å². The highest BCUT2D eigenvalue weighted by molar-refractivity contribution is 9.09. The van der Waals surface area contributed by atoms with Gasteiger partial charge in [0.05, 0.1) is 18.6 Å². The number of halogens is 1. The van der Waals surface area contributed by atoms with Crippen LogP contribution in [0.1, 0.15) is 31.2 Å². The first-order valence-corrected chi connectivity index (χ1v) is 8.36. The molecule has 110 valence electrons. The third-order valence-electron chi connectivity index (χ3n) is 3.85. The van der Waals surface area contributed by atoms with Gasteiger partial charge in [-0.25, -0.2) is 0 Å². The molecule has 0 aromatic heterocycles. The Balaban J connectivity index is 1.85. The van der Waals surface area contributed by atoms with Crippen LogP contribution in [0.4, 0.5) is 0 Å². The molecule has 2 rings (SSSR count). The summed E-state index contributed by atoms with van der Waals surface area (Å²) < 4.78 is 5.72. The van der Waals surface area contributed by atoms with Crippen LogP contribution in [0, 0.1) is 0 Å². The van der Waals surface area contributed by atoms with Crippen molar-refractivity contribution in [2.75, 3.05) is 25.0 Å². The Hall–Kier alpha value is -0.870. The highest BCUT2D eigenvalue weighted by Crippen LogP contribution is 2.21. The van der Waals surface area contributed by atoms with Crippen molar-refractivity contribution in [1.82, 2.24) is 4.90 Å². The normalized spacial score (nSPS) is 18.0. The van der Waals surface area contributed by atoms with Crippen molar-refractivity contribution in [3.05, 3.63) is 35.9 Å². The molecule has 4 heteroatoms. The highest BCUT2D eigenvalue weighted by atomic mass is 79.9. The van der Waals surface area contributed by atoms with Crippen LogP contribution in [0.5, 0.6) is 0 Å². The molecule has 1 amide bonds. The molecule has 3 nitrogen and oxygen atoms in total. The fraction of sp³-hybridized carbons (Fsp3) is 0.562. The summed E-state index contributed by atoms with van der Waals surface area (Å²) in [5.74, 6) is 0.173. The number of hydrogen-bond acceptors (Lipinski definition) is 2. The predicted molar refractivity (Wildman–Crippen MR) is 84.2 cm³/mol. The van der Waals surface area contributed by atoms with Gasteiger partial charge in [0, 0.05) is 18.4 Å². The van der Waals surface area contributed by atoms with Gasteiger partial charge in [-0.05, 0) is 25.3 Å². The molecule has 0 bridgehead atoms. The van der Waals surface area contributed by atoms with E-state index < -0.39 is 0 Å². The molecule has 0 radical (unpaired) electrons. The Kier molecular flexibility index (Phi) is 6.05. The fourth-order valence-corrected chi connectivity index (χ4v) is 2.80. The van der Waals surface area contributed by atoms with E-state index in [2.05, 4.69) is 15.9 Å². The number of piperidine rings is 1. The number of benzene rings is 1. The molecule has 0 spiro atoms. The first kappa shape index (κ1) is 15.5. The fourth-order valence-electron chi connectivity index (χ4n) is 2.61. The molecule has 0 aliphatic carbocycles. The second kappa shape index (κ2) is 7.79. The lowest BCUT2D eigenvalue weighted by atomic mass is 9.98. The molecule has 1 aliphatic heterocycles. The largest absolute Gasteiger partial charge is 0.377 e. The van der Waals surface area contributed by atoms with Gasteiger partial charge in [-0.2, -0.15) is 0 Å². The van der Waals surface area contributed by atoms with Crippen LogP contribution >= 0.6 is 15.9 Å². The van der Waals surface area contributed by atoms with Crippen LogP contribution in [0.2, 0.25) is 0 Å². The summed E-state index contributed by atoms with van der Waals surface area (Å²) in [7, 11) is 0. The number of hydrogen-bond donors (Lipinski definition) is 0. The third-order valence-corrected chi connectivity index (χ3v) is 4.18. The van der Waals surface area contributed by atoms with Crippen LogP contribution in [-0.2, 0) is 9.53 Å². The van der Waals surface area contributed by atoms with Gasteiger partial charge in [0.2, 0.25) is 5.91 Å². The van der Waals surface area contributed by atoms with E-state index >= 15 is 0 Å². The maximum absolute atomic E-state index is 12.5. The topological polar surface area (TPSA) is 29.5 Å². The van der Waals surface area contributed by atoms with Crippen molar-refractivity contribution in [2.45, 2.75) is 31.8 Å². The second-order valence-corrected chi connectivity index (χ2v) is 6.01. The maximum Gasteiger partial charge on any atom is 0.229 e. The zero-order valence-electron chi connectivity index (χ0n) is 11.9. The third kappa shape index (κ3) is 4.06. The maximum atomic E-state index is 12.5. The summed E-state index contributed by atoms with van der Waals surface area (Å²) in [6.45, 7) is 4.36. The molecule has 1 aromatic carbocycles. The number of carbonyl (C=O) groups is 1. The molecule has 1 saturated heterocycles. The minimum Gasteiger partial charge on any atom is -0.377 e. The summed E-state index contributed by atoms with van der Waals surface area (Å²) in [5.41, 5.74) is 1.09. The van der Waals surface area contributed by atoms with E-state index in [0.29, 0.717) is 6.10 Å². The van der Waals surface area contributed by atoms with Crippen molar-refractivity contribution in [3.63, 3.8) is 0 Å². The quantitative estimate of drug-likeness (QED) is 0.771. The van der Waals surface area contributed by atoms with E-state index in [1.807, 2.05) is 42.2 Å². The van der Waals surface area contributed by atoms with Gasteiger partial charge < -0.3 is 9.64 Å². The number of amides is 1. The van der Waals surface area contributed by atoms with E-state index in [1.165, 1.54) is 0 Å². The number of likely N-dealkylation sites (tertiary alicyclic amines) is 1. The number of ether oxygens (including phenoxy) is 1. The van der Waals surface area contributed by atoms with E-state index in [0.717, 1.165) is 43.4 Å². The molecule has 1 atom stereocenters. The number of alkyl halides is 1. The number of rotatable bonds is 5. The molecular weight excluding hydrogens is 318 g/mol. The molecule has 20 heavy (non-hydrogen) atoms. The molecule has 0 N–H and O–H groups in total. The molecule has 1 aromatic rings. The minimum atomic E-state index is -0.0591. The predicted octanol–water partition coefficient (Wildman–Crippen LogP) is 3.19. The van der Waals surface area contributed by atoms with Crippen molar-refractivity contribution in [1.29, 1.82) is 0 Å². The molecule has 1 heterocycles. The van der Waals surface area contributed by atoms with E-state index in [4.69, 9.17) is 4.74 Å². The Bertz CT molecular complexity index is 416. The van der Waals surface area contributed by atoms with Crippen LogP contribution in [0.3, 0.4) is 0 Å². The molecule has 0 saturated carbocycles. The number of nitrogens with zero attached hydrogens (tertiary/aromatic N) is 1. The zero-order valence-corrected chi connectivity index (χ0v) is 13.5. The first-order chi connectivity index (χ1) is 9.72. The monoisotopic (exact) mass is 339 g/mol. The summed E-state index contributed by atoms with van der Waals surface area (Å²) in [6.07, 6.45) is 2.20. The van der Waals surface area contributed by atoms with Gasteiger partial charge >= 0.3 is 0 Å². The average Bonchev–Trinajstić information content (AvgIpc) is 2.53. The van der Waals surface area contributed by atoms with Crippen molar-refractivity contribution in [2.24, 2.45) is 0 Å². The van der Waals surface area contributed by atoms with Crippen LogP contribution < -0.4 is 0 Å². The molecule has 1 fully saturated rings. The van der Waals surface area contributed by atoms with E-state index in [9.17, 15) is 4.79 Å². The van der Waals surface area contributed by atoms with Gasteiger partial charge in [0.25, 0.3) is 0 Å². The number of carbonyl (C=O) groups excluding carboxylic acids is 1. The first-order valence-electron chi connectivity index (χ1n) is 7.23. The molecule has 1 unspecified atom stereocenters. The molecule has 1 aliphatic rings. The molecular formula is C16H22BrNO2. The van der Waals surface area contributed by atoms with Gasteiger partial charge in [0.15, 0.2) is 0 Å². The SMILES string of the molecule is CC(C(=O)N1CCC(OCCBr)CC1)c1ccccc1. The van der Waals surface area contributed by atoms with Crippen molar-refractivity contribution < 1.29 is 9.53 Å². The van der Waals surface area contributed by atoms with E-state index in [1.54, 1.807) is 0 Å². The van der Waals surface area contributed by atoms with Gasteiger partial charge in [-0.1, -0.05) is 46.3 Å². The summed E-state index contributed by atoms with van der Waals surface area (Å²) in [6, 6.07) is 10.00. The minimum absolute atomic E-state index is 0.0591. The Morgan fingerprint density at radius 2 is 2.00 bits per heavy atom. The highest BCUT2D eigenvalue weighted by Gasteiger charge is 2.26. The summed E-state index contributed by atoms with van der Waals surface area (Å²) in [4.78, 5) is 14.5. The lowest BCUT2D eigenvalue weighted by Gasteiger charge is -2.33. The smallest absolute Gasteiger partial charge is 0.229 e. The summed E-state index contributed by atoms with van der Waals surface area (Å²) in [5, 5.41) is 0.872. The van der Waals surface area contributed by atoms with Crippen molar-refractivity contribution in [3.8, 4) is 0 Å². The van der Waals surface area contributed by atoms with Crippen LogP contribution in [-0.4, -0.2) is 41.9 Å². The summed E-state index contributed by atoms with van der Waals surface area (Å²) >= 11 is 3.37. The average molecular weight is 340 g/mol. The van der Waals surface area contributed by atoms with Gasteiger partial charge in [-0.3, -0.25) is 4.79 Å². The van der Waals surface area contributed by atoms with Crippen LogP contribution in [0.15, 0.2) is 30.3 Å². The Morgan fingerprint density at radius 3 is 2.60 bits per heavy atom. The van der Waals surface area contributed by atoms with Crippen LogP contribution in [0.25, 0.3) is 0 Å². The lowest BCUT2D eigenvalue weighted by molar-refractivity contribution is -0.135.